The summed E-state index contributed by atoms with van der Waals surface area (Å²) < 4.78 is 34.0. The fraction of sp³-hybridized carbons (Fsp3) is 0.310. The van der Waals surface area contributed by atoms with Crippen LogP contribution in [-0.4, -0.2) is 51.4 Å². The van der Waals surface area contributed by atoms with Gasteiger partial charge in [-0.05, 0) is 92.9 Å². The average molecular weight is 572 g/mol. The van der Waals surface area contributed by atoms with E-state index in [0.717, 1.165) is 21.0 Å². The Morgan fingerprint density at radius 2 is 1.62 bits per heavy atom. The monoisotopic (exact) mass is 571 g/mol. The Labute approximate surface area is 235 Å². The lowest BCUT2D eigenvalue weighted by Crippen LogP contribution is -2.51. The minimum atomic E-state index is -4.16. The van der Waals surface area contributed by atoms with E-state index in [1.165, 1.54) is 29.2 Å². The maximum absolute atomic E-state index is 13.9. The molecule has 39 heavy (non-hydrogen) atoms. The molecule has 0 spiro atoms. The predicted molar refractivity (Wildman–Crippen MR) is 154 cm³/mol. The molecule has 1 unspecified atom stereocenters. The molecule has 2 amide bonds. The zero-order valence-corrected chi connectivity index (χ0v) is 24.3. The summed E-state index contributed by atoms with van der Waals surface area (Å²) in [7, 11) is -2.60. The largest absolute Gasteiger partial charge is 0.497 e. The fourth-order valence-corrected chi connectivity index (χ4v) is 5.51. The summed E-state index contributed by atoms with van der Waals surface area (Å²) in [6.07, 6.45) is 0. The third-order valence-electron chi connectivity index (χ3n) is 6.49. The van der Waals surface area contributed by atoms with E-state index < -0.39 is 28.5 Å². The SMILES string of the molecule is CCNC(=O)C(C)N(Cc1ccc(OC)cc1)C(=O)CN(c1ccc(C)c(C)c1)S(=O)(=O)c1ccc(Cl)cc1. The number of rotatable bonds is 11. The van der Waals surface area contributed by atoms with E-state index in [2.05, 4.69) is 5.32 Å². The van der Waals surface area contributed by atoms with Crippen LogP contribution in [0, 0.1) is 13.8 Å². The van der Waals surface area contributed by atoms with Crippen molar-refractivity contribution < 1.29 is 22.7 Å². The number of amides is 2. The van der Waals surface area contributed by atoms with Gasteiger partial charge in [-0.1, -0.05) is 29.8 Å². The molecule has 3 rings (SSSR count). The van der Waals surface area contributed by atoms with Gasteiger partial charge in [0.2, 0.25) is 11.8 Å². The van der Waals surface area contributed by atoms with Crippen molar-refractivity contribution in [2.45, 2.75) is 45.2 Å². The minimum Gasteiger partial charge on any atom is -0.497 e. The van der Waals surface area contributed by atoms with Crippen molar-refractivity contribution in [1.29, 1.82) is 0 Å². The number of carbonyl (C=O) groups excluding carboxylic acids is 2. The Hall–Kier alpha value is -3.56. The molecule has 0 aliphatic heterocycles. The normalized spacial score (nSPS) is 11.9. The van der Waals surface area contributed by atoms with Gasteiger partial charge in [0.05, 0.1) is 17.7 Å². The molecule has 208 valence electrons. The number of methoxy groups -OCH3 is 1. The van der Waals surface area contributed by atoms with Gasteiger partial charge < -0.3 is 15.0 Å². The molecule has 0 saturated carbocycles. The van der Waals surface area contributed by atoms with Crippen LogP contribution in [0.5, 0.6) is 5.75 Å². The lowest BCUT2D eigenvalue weighted by Gasteiger charge is -2.32. The van der Waals surface area contributed by atoms with Gasteiger partial charge in [-0.25, -0.2) is 8.42 Å². The van der Waals surface area contributed by atoms with Crippen LogP contribution in [0.3, 0.4) is 0 Å². The van der Waals surface area contributed by atoms with Crippen molar-refractivity contribution in [2.24, 2.45) is 0 Å². The van der Waals surface area contributed by atoms with Crippen LogP contribution in [0.15, 0.2) is 71.6 Å². The van der Waals surface area contributed by atoms with Gasteiger partial charge in [-0.15, -0.1) is 0 Å². The maximum atomic E-state index is 13.9. The summed E-state index contributed by atoms with van der Waals surface area (Å²) in [5.74, 6) is -0.207. The number of likely N-dealkylation sites (N-methyl/N-ethyl adjacent to an activating group) is 1. The van der Waals surface area contributed by atoms with Crippen molar-refractivity contribution in [3.63, 3.8) is 0 Å². The highest BCUT2D eigenvalue weighted by Gasteiger charge is 2.32. The highest BCUT2D eigenvalue weighted by molar-refractivity contribution is 7.92. The third kappa shape index (κ3) is 7.30. The number of nitrogens with zero attached hydrogens (tertiary/aromatic N) is 2. The number of ether oxygens (including phenoxy) is 1. The fourth-order valence-electron chi connectivity index (χ4n) is 3.98. The quantitative estimate of drug-likeness (QED) is 0.359. The summed E-state index contributed by atoms with van der Waals surface area (Å²) in [6.45, 7) is 7.21. The Bertz CT molecular complexity index is 1410. The summed E-state index contributed by atoms with van der Waals surface area (Å²) in [5.41, 5.74) is 2.97. The summed E-state index contributed by atoms with van der Waals surface area (Å²) >= 11 is 5.99. The lowest BCUT2D eigenvalue weighted by molar-refractivity contribution is -0.139. The molecule has 1 atom stereocenters. The van der Waals surface area contributed by atoms with Crippen molar-refractivity contribution in [2.75, 3.05) is 24.5 Å². The zero-order chi connectivity index (χ0) is 28.7. The van der Waals surface area contributed by atoms with Crippen LogP contribution >= 0.6 is 11.6 Å². The molecule has 0 aliphatic rings. The highest BCUT2D eigenvalue weighted by Crippen LogP contribution is 2.27. The topological polar surface area (TPSA) is 96.0 Å². The van der Waals surface area contributed by atoms with Gasteiger partial charge in [0.15, 0.2) is 0 Å². The number of sulfonamides is 1. The maximum Gasteiger partial charge on any atom is 0.264 e. The van der Waals surface area contributed by atoms with Crippen LogP contribution in [0.25, 0.3) is 0 Å². The molecular formula is C29H34ClN3O5S. The molecule has 0 bridgehead atoms. The molecule has 0 aromatic heterocycles. The number of carbonyl (C=O) groups is 2. The second-order valence-electron chi connectivity index (χ2n) is 9.17. The number of nitrogens with one attached hydrogen (secondary N) is 1. The molecule has 0 radical (unpaired) electrons. The molecular weight excluding hydrogens is 538 g/mol. The van der Waals surface area contributed by atoms with E-state index in [4.69, 9.17) is 16.3 Å². The third-order valence-corrected chi connectivity index (χ3v) is 8.53. The van der Waals surface area contributed by atoms with Gasteiger partial charge in [0, 0.05) is 18.1 Å². The van der Waals surface area contributed by atoms with Crippen LogP contribution in [0.4, 0.5) is 5.69 Å². The van der Waals surface area contributed by atoms with Gasteiger partial charge in [0.25, 0.3) is 10.0 Å². The smallest absolute Gasteiger partial charge is 0.264 e. The molecule has 0 heterocycles. The molecule has 0 fully saturated rings. The van der Waals surface area contributed by atoms with Crippen molar-refractivity contribution in [3.05, 3.63) is 88.4 Å². The first-order chi connectivity index (χ1) is 18.5. The predicted octanol–water partition coefficient (Wildman–Crippen LogP) is 4.71. The number of hydrogen-bond acceptors (Lipinski definition) is 5. The van der Waals surface area contributed by atoms with E-state index in [1.54, 1.807) is 57.4 Å². The average Bonchev–Trinajstić information content (AvgIpc) is 2.92. The van der Waals surface area contributed by atoms with Gasteiger partial charge >= 0.3 is 0 Å². The number of anilines is 1. The van der Waals surface area contributed by atoms with Crippen LogP contribution in [0.2, 0.25) is 5.02 Å². The van der Waals surface area contributed by atoms with Gasteiger partial charge in [-0.3, -0.25) is 13.9 Å². The molecule has 1 N–H and O–H groups in total. The van der Waals surface area contributed by atoms with E-state index in [9.17, 15) is 18.0 Å². The molecule has 0 saturated heterocycles. The zero-order valence-electron chi connectivity index (χ0n) is 22.8. The van der Waals surface area contributed by atoms with E-state index in [-0.39, 0.29) is 17.3 Å². The Balaban J connectivity index is 2.04. The summed E-state index contributed by atoms with van der Waals surface area (Å²) in [4.78, 5) is 28.1. The van der Waals surface area contributed by atoms with E-state index in [1.807, 2.05) is 19.9 Å². The molecule has 8 nitrogen and oxygen atoms in total. The van der Waals surface area contributed by atoms with Crippen molar-refractivity contribution in [3.8, 4) is 5.75 Å². The van der Waals surface area contributed by atoms with Gasteiger partial charge in [-0.2, -0.15) is 0 Å². The van der Waals surface area contributed by atoms with E-state index >= 15 is 0 Å². The number of aryl methyl sites for hydroxylation is 2. The second kappa shape index (κ2) is 13.0. The van der Waals surface area contributed by atoms with Crippen LogP contribution < -0.4 is 14.4 Å². The minimum absolute atomic E-state index is 0.00333. The first-order valence-electron chi connectivity index (χ1n) is 12.5. The number of hydrogen-bond donors (Lipinski definition) is 1. The summed E-state index contributed by atoms with van der Waals surface area (Å²) in [5, 5.41) is 3.14. The lowest BCUT2D eigenvalue weighted by atomic mass is 10.1. The summed E-state index contributed by atoms with van der Waals surface area (Å²) in [6, 6.07) is 17.3. The first-order valence-corrected chi connectivity index (χ1v) is 14.4. The van der Waals surface area contributed by atoms with Crippen LogP contribution in [0.1, 0.15) is 30.5 Å². The molecule has 10 heteroatoms. The molecule has 3 aromatic carbocycles. The number of halogens is 1. The molecule has 0 aliphatic carbocycles. The number of benzene rings is 3. The van der Waals surface area contributed by atoms with E-state index in [0.29, 0.717) is 23.0 Å². The standard InChI is InChI=1S/C29H34ClN3O5S/c1-6-31-29(35)22(4)32(18-23-8-13-26(38-5)14-9-23)28(34)19-33(25-12-7-20(2)21(3)17-25)39(36,37)27-15-10-24(30)11-16-27/h7-17,22H,6,18-19H2,1-5H3,(H,31,35). The highest BCUT2D eigenvalue weighted by atomic mass is 35.5. The Morgan fingerprint density at radius 3 is 2.18 bits per heavy atom. The first kappa shape index (κ1) is 30.0. The molecule has 3 aromatic rings. The van der Waals surface area contributed by atoms with Crippen molar-refractivity contribution in [1.82, 2.24) is 10.2 Å². The Morgan fingerprint density at radius 1 is 0.974 bits per heavy atom. The van der Waals surface area contributed by atoms with Gasteiger partial charge in [0.1, 0.15) is 18.3 Å². The van der Waals surface area contributed by atoms with Crippen LogP contribution in [-0.2, 0) is 26.2 Å². The Kier molecular flexibility index (Phi) is 9.99. The second-order valence-corrected chi connectivity index (χ2v) is 11.5. The van der Waals surface area contributed by atoms with Crippen molar-refractivity contribution >= 4 is 39.1 Å².